The van der Waals surface area contributed by atoms with Crippen molar-refractivity contribution in [1.82, 2.24) is 4.98 Å². The van der Waals surface area contributed by atoms with Gasteiger partial charge in [0.1, 0.15) is 11.6 Å². The van der Waals surface area contributed by atoms with Gasteiger partial charge in [-0.3, -0.25) is 10.1 Å². The average molecular weight is 279 g/mol. The first-order valence-corrected chi connectivity index (χ1v) is 6.82. The van der Waals surface area contributed by atoms with Crippen LogP contribution in [0.1, 0.15) is 27.2 Å². The number of hydrogen-bond donors (Lipinski definition) is 2. The Balaban J connectivity index is 2.39. The monoisotopic (exact) mass is 279 g/mol. The molecular weight excluding hydrogens is 258 g/mol. The molecule has 2 heterocycles. The maximum atomic E-state index is 11.0. The van der Waals surface area contributed by atoms with E-state index in [0.29, 0.717) is 29.5 Å². The van der Waals surface area contributed by atoms with E-state index in [1.54, 1.807) is 0 Å². The third-order valence-electron chi connectivity index (χ3n) is 4.05. The summed E-state index contributed by atoms with van der Waals surface area (Å²) in [7, 11) is 0. The van der Waals surface area contributed by atoms with E-state index in [2.05, 4.69) is 36.1 Å². The number of anilines is 2. The second-order valence-corrected chi connectivity index (χ2v) is 5.68. The molecule has 110 valence electrons. The second-order valence-electron chi connectivity index (χ2n) is 5.68. The molecule has 0 aromatic carbocycles. The first kappa shape index (κ1) is 14.5. The number of hydrazine groups is 1. The summed E-state index contributed by atoms with van der Waals surface area (Å²) in [5.74, 6) is 7.34. The Morgan fingerprint density at radius 3 is 2.75 bits per heavy atom. The quantitative estimate of drug-likeness (QED) is 0.500. The Bertz CT molecular complexity index is 508. The highest BCUT2D eigenvalue weighted by molar-refractivity contribution is 5.56. The fraction of sp³-hybridized carbons (Fsp3) is 0.615. The van der Waals surface area contributed by atoms with Crippen molar-refractivity contribution in [2.24, 2.45) is 17.7 Å². The van der Waals surface area contributed by atoms with E-state index in [9.17, 15) is 10.1 Å². The van der Waals surface area contributed by atoms with Gasteiger partial charge in [-0.2, -0.15) is 0 Å². The van der Waals surface area contributed by atoms with Crippen molar-refractivity contribution < 1.29 is 4.92 Å². The van der Waals surface area contributed by atoms with Crippen LogP contribution in [0.15, 0.2) is 12.1 Å². The summed E-state index contributed by atoms with van der Waals surface area (Å²) in [5.41, 5.74) is 2.40. The van der Waals surface area contributed by atoms with E-state index in [-0.39, 0.29) is 5.69 Å². The third kappa shape index (κ3) is 2.82. The number of nitrogens with zero attached hydrogens (tertiary/aromatic N) is 3. The largest absolute Gasteiger partial charge is 0.353 e. The number of nitro groups is 1. The summed E-state index contributed by atoms with van der Waals surface area (Å²) in [5, 5.41) is 11.0. The van der Waals surface area contributed by atoms with Crippen LogP contribution < -0.4 is 16.2 Å². The van der Waals surface area contributed by atoms with E-state index < -0.39 is 4.92 Å². The lowest BCUT2D eigenvalue weighted by Gasteiger charge is -2.41. The summed E-state index contributed by atoms with van der Waals surface area (Å²) >= 11 is 0. The van der Waals surface area contributed by atoms with Gasteiger partial charge < -0.3 is 10.3 Å². The molecule has 0 spiro atoms. The summed E-state index contributed by atoms with van der Waals surface area (Å²) in [6.07, 6.45) is 1.16. The van der Waals surface area contributed by atoms with Crippen molar-refractivity contribution in [1.29, 1.82) is 0 Å². The van der Waals surface area contributed by atoms with E-state index in [0.717, 1.165) is 13.0 Å². The van der Waals surface area contributed by atoms with Gasteiger partial charge >= 0.3 is 0 Å². The van der Waals surface area contributed by atoms with Crippen LogP contribution in [0.3, 0.4) is 0 Å². The molecular formula is C13H21N5O2. The lowest BCUT2D eigenvalue weighted by molar-refractivity contribution is -0.384. The standard InChI is InChI=1S/C13H21N5O2/c1-8-4-9(2)10(3)17(7-8)13-6-11(18(19)20)5-12(15-13)16-14/h5-6,8-10H,4,7,14H2,1-3H3,(H,15,16). The number of aromatic nitrogens is 1. The van der Waals surface area contributed by atoms with Crippen LogP contribution in [0.2, 0.25) is 0 Å². The fourth-order valence-electron chi connectivity index (χ4n) is 2.85. The molecule has 1 aliphatic heterocycles. The molecule has 3 unspecified atom stereocenters. The third-order valence-corrected chi connectivity index (χ3v) is 4.05. The molecule has 0 amide bonds. The fourth-order valence-corrected chi connectivity index (χ4v) is 2.85. The first-order valence-electron chi connectivity index (χ1n) is 6.82. The molecule has 7 nitrogen and oxygen atoms in total. The number of hydrogen-bond acceptors (Lipinski definition) is 6. The van der Waals surface area contributed by atoms with Gasteiger partial charge in [-0.05, 0) is 25.2 Å². The zero-order valence-electron chi connectivity index (χ0n) is 12.0. The highest BCUT2D eigenvalue weighted by Gasteiger charge is 2.30. The molecule has 0 bridgehead atoms. The minimum absolute atomic E-state index is 0.000953. The maximum Gasteiger partial charge on any atom is 0.276 e. The number of pyridine rings is 1. The Hall–Kier alpha value is -1.89. The molecule has 0 aliphatic carbocycles. The van der Waals surface area contributed by atoms with Gasteiger partial charge in [-0.1, -0.05) is 13.8 Å². The Labute approximate surface area is 118 Å². The molecule has 3 N–H and O–H groups in total. The van der Waals surface area contributed by atoms with Gasteiger partial charge in [0.15, 0.2) is 0 Å². The Morgan fingerprint density at radius 1 is 1.45 bits per heavy atom. The number of nitrogen functional groups attached to an aromatic ring is 1. The number of rotatable bonds is 3. The van der Waals surface area contributed by atoms with Crippen molar-refractivity contribution in [3.05, 3.63) is 22.2 Å². The minimum atomic E-state index is -0.423. The number of piperidine rings is 1. The minimum Gasteiger partial charge on any atom is -0.353 e. The smallest absolute Gasteiger partial charge is 0.276 e. The van der Waals surface area contributed by atoms with E-state index in [1.165, 1.54) is 12.1 Å². The van der Waals surface area contributed by atoms with Gasteiger partial charge in [0, 0.05) is 12.6 Å². The van der Waals surface area contributed by atoms with Crippen LogP contribution >= 0.6 is 0 Å². The first-order chi connectivity index (χ1) is 9.42. The van der Waals surface area contributed by atoms with Gasteiger partial charge in [0.25, 0.3) is 5.69 Å². The molecule has 0 saturated carbocycles. The zero-order valence-corrected chi connectivity index (χ0v) is 12.0. The molecule has 7 heteroatoms. The molecule has 3 atom stereocenters. The van der Waals surface area contributed by atoms with Gasteiger partial charge in [-0.25, -0.2) is 10.8 Å². The normalized spacial score (nSPS) is 26.4. The summed E-state index contributed by atoms with van der Waals surface area (Å²) in [6.45, 7) is 7.37. The SMILES string of the molecule is CC1CC(C)C(C)N(c2cc([N+](=O)[O-])cc(NN)n2)C1. The predicted octanol–water partition coefficient (Wildman–Crippen LogP) is 2.15. The summed E-state index contributed by atoms with van der Waals surface area (Å²) in [4.78, 5) is 17.1. The maximum absolute atomic E-state index is 11.0. The van der Waals surface area contributed by atoms with Crippen molar-refractivity contribution in [2.75, 3.05) is 16.9 Å². The molecule has 1 saturated heterocycles. The summed E-state index contributed by atoms with van der Waals surface area (Å²) < 4.78 is 0. The molecule has 0 radical (unpaired) electrons. The van der Waals surface area contributed by atoms with Gasteiger partial charge in [0.05, 0.1) is 17.1 Å². The molecule has 1 aromatic rings. The lowest BCUT2D eigenvalue weighted by atomic mass is 9.86. The van der Waals surface area contributed by atoms with Crippen LogP contribution in [0.4, 0.5) is 17.3 Å². The van der Waals surface area contributed by atoms with Crippen molar-refractivity contribution in [2.45, 2.75) is 33.2 Å². The van der Waals surface area contributed by atoms with Crippen LogP contribution in [0.5, 0.6) is 0 Å². The topological polar surface area (TPSA) is 97.3 Å². The van der Waals surface area contributed by atoms with Crippen LogP contribution in [0, 0.1) is 22.0 Å². The second kappa shape index (κ2) is 5.62. The Morgan fingerprint density at radius 2 is 2.15 bits per heavy atom. The van der Waals surface area contributed by atoms with Gasteiger partial charge in [-0.15, -0.1) is 0 Å². The van der Waals surface area contributed by atoms with Crippen LogP contribution in [-0.4, -0.2) is 22.5 Å². The highest BCUT2D eigenvalue weighted by atomic mass is 16.6. The van der Waals surface area contributed by atoms with Gasteiger partial charge in [0.2, 0.25) is 0 Å². The Kier molecular flexibility index (Phi) is 4.08. The van der Waals surface area contributed by atoms with Crippen LogP contribution in [0.25, 0.3) is 0 Å². The molecule has 1 aliphatic rings. The van der Waals surface area contributed by atoms with E-state index in [4.69, 9.17) is 5.84 Å². The predicted molar refractivity (Wildman–Crippen MR) is 78.5 cm³/mol. The molecule has 20 heavy (non-hydrogen) atoms. The highest BCUT2D eigenvalue weighted by Crippen LogP contribution is 2.32. The van der Waals surface area contributed by atoms with Crippen molar-refractivity contribution in [3.8, 4) is 0 Å². The van der Waals surface area contributed by atoms with E-state index in [1.807, 2.05) is 0 Å². The number of nitrogens with two attached hydrogens (primary N) is 1. The average Bonchev–Trinajstić information content (AvgIpc) is 2.42. The lowest BCUT2D eigenvalue weighted by Crippen LogP contribution is -2.46. The number of nitrogens with one attached hydrogen (secondary N) is 1. The van der Waals surface area contributed by atoms with Crippen molar-refractivity contribution in [3.63, 3.8) is 0 Å². The van der Waals surface area contributed by atoms with Crippen molar-refractivity contribution >= 4 is 17.3 Å². The summed E-state index contributed by atoms with van der Waals surface area (Å²) in [6, 6.07) is 3.15. The van der Waals surface area contributed by atoms with E-state index >= 15 is 0 Å². The zero-order chi connectivity index (χ0) is 14.9. The molecule has 1 fully saturated rings. The molecule has 2 rings (SSSR count). The molecule has 1 aromatic heterocycles. The van der Waals surface area contributed by atoms with Crippen LogP contribution in [-0.2, 0) is 0 Å².